The molecule has 0 aromatic heterocycles. The molecule has 94 valence electrons. The first kappa shape index (κ1) is 13.9. The van der Waals surface area contributed by atoms with Gasteiger partial charge < -0.3 is 5.32 Å². The number of likely N-dealkylation sites (N-methyl/N-ethyl adjacent to an activating group) is 1. The third-order valence-corrected chi connectivity index (χ3v) is 3.32. The van der Waals surface area contributed by atoms with Gasteiger partial charge in [0.2, 0.25) is 0 Å². The quantitative estimate of drug-likeness (QED) is 0.784. The number of carbonyl (C=O) groups excluding carboxylic acids is 1. The molecule has 2 heteroatoms. The van der Waals surface area contributed by atoms with Gasteiger partial charge in [0, 0.05) is 6.42 Å². The minimum absolute atomic E-state index is 0.311. The highest BCUT2D eigenvalue weighted by atomic mass is 16.1. The Balaban J connectivity index is 2.93. The van der Waals surface area contributed by atoms with E-state index in [1.807, 2.05) is 25.1 Å². The molecule has 0 saturated heterocycles. The van der Waals surface area contributed by atoms with E-state index >= 15 is 0 Å². The lowest BCUT2D eigenvalue weighted by Gasteiger charge is -2.32. The second kappa shape index (κ2) is 6.55. The summed E-state index contributed by atoms with van der Waals surface area (Å²) < 4.78 is 0. The van der Waals surface area contributed by atoms with Gasteiger partial charge in [0.25, 0.3) is 0 Å². The SMILES string of the molecule is CCN[C@@](CC)(Cc1ccccc1)C(=O)CC. The molecule has 0 saturated carbocycles. The molecule has 1 rings (SSSR count). The third kappa shape index (κ3) is 3.40. The summed E-state index contributed by atoms with van der Waals surface area (Å²) in [5, 5.41) is 3.40. The maximum Gasteiger partial charge on any atom is 0.152 e. The Morgan fingerprint density at radius 3 is 2.29 bits per heavy atom. The minimum atomic E-state index is -0.384. The number of rotatable bonds is 7. The summed E-state index contributed by atoms with van der Waals surface area (Å²) in [4.78, 5) is 12.2. The number of ketones is 1. The molecular formula is C15H23NO. The summed E-state index contributed by atoms with van der Waals surface area (Å²) in [5.41, 5.74) is 0.835. The summed E-state index contributed by atoms with van der Waals surface area (Å²) in [5.74, 6) is 0.311. The van der Waals surface area contributed by atoms with Crippen LogP contribution in [-0.4, -0.2) is 17.9 Å². The Morgan fingerprint density at radius 2 is 1.82 bits per heavy atom. The molecule has 1 aromatic carbocycles. The van der Waals surface area contributed by atoms with Crippen molar-refractivity contribution in [3.63, 3.8) is 0 Å². The molecule has 1 atom stereocenters. The largest absolute Gasteiger partial charge is 0.305 e. The van der Waals surface area contributed by atoms with Crippen LogP contribution in [0.15, 0.2) is 30.3 Å². The Hall–Kier alpha value is -1.15. The van der Waals surface area contributed by atoms with Gasteiger partial charge >= 0.3 is 0 Å². The second-order valence-electron chi connectivity index (χ2n) is 4.41. The van der Waals surface area contributed by atoms with Gasteiger partial charge in [0.05, 0.1) is 5.54 Å². The average Bonchev–Trinajstić information content (AvgIpc) is 2.38. The van der Waals surface area contributed by atoms with Gasteiger partial charge in [-0.15, -0.1) is 0 Å². The lowest BCUT2D eigenvalue weighted by atomic mass is 9.83. The number of hydrogen-bond acceptors (Lipinski definition) is 2. The highest BCUT2D eigenvalue weighted by Crippen LogP contribution is 2.20. The maximum atomic E-state index is 12.2. The molecule has 0 aliphatic rings. The van der Waals surface area contributed by atoms with Crippen LogP contribution in [-0.2, 0) is 11.2 Å². The maximum absolute atomic E-state index is 12.2. The lowest BCUT2D eigenvalue weighted by molar-refractivity contribution is -0.125. The van der Waals surface area contributed by atoms with Crippen LogP contribution in [0.1, 0.15) is 39.2 Å². The van der Waals surface area contributed by atoms with Crippen molar-refractivity contribution in [2.75, 3.05) is 6.54 Å². The van der Waals surface area contributed by atoms with E-state index in [0.717, 1.165) is 19.4 Å². The topological polar surface area (TPSA) is 29.1 Å². The van der Waals surface area contributed by atoms with E-state index in [2.05, 4.69) is 31.3 Å². The van der Waals surface area contributed by atoms with Crippen molar-refractivity contribution in [1.29, 1.82) is 0 Å². The van der Waals surface area contributed by atoms with Crippen LogP contribution >= 0.6 is 0 Å². The smallest absolute Gasteiger partial charge is 0.152 e. The van der Waals surface area contributed by atoms with Gasteiger partial charge in [-0.25, -0.2) is 0 Å². The molecule has 17 heavy (non-hydrogen) atoms. The highest BCUT2D eigenvalue weighted by Gasteiger charge is 2.33. The van der Waals surface area contributed by atoms with E-state index in [9.17, 15) is 4.79 Å². The van der Waals surface area contributed by atoms with Crippen molar-refractivity contribution in [3.05, 3.63) is 35.9 Å². The van der Waals surface area contributed by atoms with Crippen LogP contribution in [0.4, 0.5) is 0 Å². The van der Waals surface area contributed by atoms with E-state index in [0.29, 0.717) is 12.2 Å². The first-order valence-corrected chi connectivity index (χ1v) is 6.50. The fourth-order valence-corrected chi connectivity index (χ4v) is 2.33. The molecule has 2 nitrogen and oxygen atoms in total. The second-order valence-corrected chi connectivity index (χ2v) is 4.41. The Bertz CT molecular complexity index is 347. The van der Waals surface area contributed by atoms with Crippen LogP contribution in [0.5, 0.6) is 0 Å². The van der Waals surface area contributed by atoms with Gasteiger partial charge in [-0.05, 0) is 24.9 Å². The number of Topliss-reactive ketones (excluding diaryl/α,β-unsaturated/α-hetero) is 1. The van der Waals surface area contributed by atoms with E-state index in [-0.39, 0.29) is 5.54 Å². The van der Waals surface area contributed by atoms with Crippen LogP contribution < -0.4 is 5.32 Å². The van der Waals surface area contributed by atoms with Gasteiger partial charge in [-0.2, -0.15) is 0 Å². The van der Waals surface area contributed by atoms with Crippen molar-refractivity contribution < 1.29 is 4.79 Å². The van der Waals surface area contributed by atoms with Gasteiger partial charge in [0.15, 0.2) is 5.78 Å². The molecule has 1 aromatic rings. The third-order valence-electron chi connectivity index (χ3n) is 3.32. The molecule has 0 spiro atoms. The van der Waals surface area contributed by atoms with E-state index < -0.39 is 0 Å². The molecular weight excluding hydrogens is 210 g/mol. The summed E-state index contributed by atoms with van der Waals surface area (Å²) in [7, 11) is 0. The zero-order valence-electron chi connectivity index (χ0n) is 11.1. The van der Waals surface area contributed by atoms with Crippen LogP contribution in [0.2, 0.25) is 0 Å². The summed E-state index contributed by atoms with van der Waals surface area (Å²) in [6.07, 6.45) is 2.21. The first-order chi connectivity index (χ1) is 8.18. The summed E-state index contributed by atoms with van der Waals surface area (Å²) >= 11 is 0. The predicted molar refractivity (Wildman–Crippen MR) is 72.1 cm³/mol. The fraction of sp³-hybridized carbons (Fsp3) is 0.533. The monoisotopic (exact) mass is 233 g/mol. The predicted octanol–water partition coefficient (Wildman–Crippen LogP) is 2.97. The zero-order chi connectivity index (χ0) is 12.7. The summed E-state index contributed by atoms with van der Waals surface area (Å²) in [6.45, 7) is 6.90. The van der Waals surface area contributed by atoms with E-state index in [4.69, 9.17) is 0 Å². The molecule has 0 heterocycles. The number of nitrogens with one attached hydrogen (secondary N) is 1. The molecule has 0 bridgehead atoms. The molecule has 0 fully saturated rings. The molecule has 0 unspecified atom stereocenters. The molecule has 0 radical (unpaired) electrons. The number of carbonyl (C=O) groups is 1. The zero-order valence-corrected chi connectivity index (χ0v) is 11.1. The van der Waals surface area contributed by atoms with E-state index in [1.165, 1.54) is 5.56 Å². The van der Waals surface area contributed by atoms with Crippen molar-refractivity contribution in [2.45, 2.75) is 45.6 Å². The van der Waals surface area contributed by atoms with Crippen molar-refractivity contribution in [1.82, 2.24) is 5.32 Å². The van der Waals surface area contributed by atoms with Crippen molar-refractivity contribution in [3.8, 4) is 0 Å². The first-order valence-electron chi connectivity index (χ1n) is 6.50. The van der Waals surface area contributed by atoms with Crippen LogP contribution in [0, 0.1) is 0 Å². The normalized spacial score (nSPS) is 14.3. The van der Waals surface area contributed by atoms with Crippen molar-refractivity contribution >= 4 is 5.78 Å². The Kier molecular flexibility index (Phi) is 5.36. The highest BCUT2D eigenvalue weighted by molar-refractivity contribution is 5.88. The Labute approximate surface area is 104 Å². The summed E-state index contributed by atoms with van der Waals surface area (Å²) in [6, 6.07) is 10.2. The van der Waals surface area contributed by atoms with Gasteiger partial charge in [-0.1, -0.05) is 51.1 Å². The number of hydrogen-bond donors (Lipinski definition) is 1. The fourth-order valence-electron chi connectivity index (χ4n) is 2.33. The minimum Gasteiger partial charge on any atom is -0.305 e. The molecule has 1 N–H and O–H groups in total. The number of benzene rings is 1. The Morgan fingerprint density at radius 1 is 1.18 bits per heavy atom. The van der Waals surface area contributed by atoms with E-state index in [1.54, 1.807) is 0 Å². The molecule has 0 amide bonds. The average molecular weight is 233 g/mol. The van der Waals surface area contributed by atoms with Crippen LogP contribution in [0.25, 0.3) is 0 Å². The van der Waals surface area contributed by atoms with Gasteiger partial charge in [0.1, 0.15) is 0 Å². The lowest BCUT2D eigenvalue weighted by Crippen LogP contribution is -2.53. The van der Waals surface area contributed by atoms with Crippen molar-refractivity contribution in [2.24, 2.45) is 0 Å². The molecule has 0 aliphatic heterocycles. The van der Waals surface area contributed by atoms with Crippen LogP contribution in [0.3, 0.4) is 0 Å². The van der Waals surface area contributed by atoms with Gasteiger partial charge in [-0.3, -0.25) is 4.79 Å². The standard InChI is InChI=1S/C15H23NO/c1-4-14(17)15(5-2,16-6-3)12-13-10-8-7-9-11-13/h7-11,16H,4-6,12H2,1-3H3/t15-/m0/s1. The molecule has 0 aliphatic carbocycles.